The van der Waals surface area contributed by atoms with Crippen molar-refractivity contribution in [2.24, 2.45) is 4.99 Å². The highest BCUT2D eigenvalue weighted by Gasteiger charge is 2.07. The SMILES string of the molecule is CN=C(NCc1cccc([N+](=O)[O-])c1)NC(C)COC.I. The monoisotopic (exact) mass is 408 g/mol. The molecule has 7 nitrogen and oxygen atoms in total. The summed E-state index contributed by atoms with van der Waals surface area (Å²) >= 11 is 0. The number of nitro groups is 1. The topological polar surface area (TPSA) is 88.8 Å². The van der Waals surface area contributed by atoms with Crippen LogP contribution in [0.4, 0.5) is 5.69 Å². The summed E-state index contributed by atoms with van der Waals surface area (Å²) in [6.45, 7) is 3.00. The van der Waals surface area contributed by atoms with Crippen LogP contribution in [0.25, 0.3) is 0 Å². The average molecular weight is 408 g/mol. The maximum atomic E-state index is 10.7. The highest BCUT2D eigenvalue weighted by Crippen LogP contribution is 2.12. The molecular formula is C13H21IN4O3. The fraction of sp³-hybridized carbons (Fsp3) is 0.462. The quantitative estimate of drug-likeness (QED) is 0.247. The zero-order valence-corrected chi connectivity index (χ0v) is 14.7. The molecule has 0 aromatic heterocycles. The molecule has 118 valence electrons. The van der Waals surface area contributed by atoms with Gasteiger partial charge >= 0.3 is 0 Å². The van der Waals surface area contributed by atoms with Gasteiger partial charge in [-0.25, -0.2) is 0 Å². The molecule has 8 heteroatoms. The number of rotatable bonds is 6. The number of methoxy groups -OCH3 is 1. The molecule has 0 aliphatic rings. The number of hydrogen-bond acceptors (Lipinski definition) is 4. The highest BCUT2D eigenvalue weighted by atomic mass is 127. The number of non-ortho nitro benzene ring substituents is 1. The van der Waals surface area contributed by atoms with Gasteiger partial charge in [0.05, 0.1) is 11.5 Å². The largest absolute Gasteiger partial charge is 0.383 e. The van der Waals surface area contributed by atoms with Gasteiger partial charge in [-0.1, -0.05) is 12.1 Å². The Bertz CT molecular complexity index is 482. The Morgan fingerprint density at radius 2 is 2.24 bits per heavy atom. The number of guanidine groups is 1. The molecule has 1 aromatic carbocycles. The normalized spacial score (nSPS) is 12.2. The van der Waals surface area contributed by atoms with Gasteiger partial charge in [-0.2, -0.15) is 0 Å². The molecule has 1 unspecified atom stereocenters. The second-order valence-electron chi connectivity index (χ2n) is 4.35. The number of nitrogens with zero attached hydrogens (tertiary/aromatic N) is 2. The van der Waals surface area contributed by atoms with Gasteiger partial charge in [0.2, 0.25) is 0 Å². The van der Waals surface area contributed by atoms with Crippen LogP contribution >= 0.6 is 24.0 Å². The average Bonchev–Trinajstić information content (AvgIpc) is 2.44. The number of benzene rings is 1. The number of hydrogen-bond donors (Lipinski definition) is 2. The molecule has 0 heterocycles. The van der Waals surface area contributed by atoms with Crippen molar-refractivity contribution in [2.75, 3.05) is 20.8 Å². The summed E-state index contributed by atoms with van der Waals surface area (Å²) in [4.78, 5) is 14.4. The third kappa shape index (κ3) is 7.23. The smallest absolute Gasteiger partial charge is 0.269 e. The predicted molar refractivity (Wildman–Crippen MR) is 93.2 cm³/mol. The van der Waals surface area contributed by atoms with E-state index >= 15 is 0 Å². The molecule has 1 aromatic rings. The van der Waals surface area contributed by atoms with Gasteiger partial charge in [0.15, 0.2) is 5.96 Å². The minimum Gasteiger partial charge on any atom is -0.383 e. The summed E-state index contributed by atoms with van der Waals surface area (Å²) in [5.74, 6) is 0.626. The van der Waals surface area contributed by atoms with E-state index in [1.54, 1.807) is 26.3 Å². The van der Waals surface area contributed by atoms with Crippen molar-refractivity contribution in [2.45, 2.75) is 19.5 Å². The van der Waals surface area contributed by atoms with Crippen molar-refractivity contribution in [1.82, 2.24) is 10.6 Å². The number of aliphatic imine (C=N–C) groups is 1. The van der Waals surface area contributed by atoms with Gasteiger partial charge in [-0.15, -0.1) is 24.0 Å². The Morgan fingerprint density at radius 1 is 1.52 bits per heavy atom. The van der Waals surface area contributed by atoms with Crippen molar-refractivity contribution < 1.29 is 9.66 Å². The Labute approximate surface area is 141 Å². The molecule has 0 bridgehead atoms. The number of nitro benzene ring substituents is 1. The van der Waals surface area contributed by atoms with Gasteiger partial charge in [-0.05, 0) is 12.5 Å². The van der Waals surface area contributed by atoms with Crippen molar-refractivity contribution in [1.29, 1.82) is 0 Å². The molecular weight excluding hydrogens is 387 g/mol. The molecule has 1 rings (SSSR count). The second-order valence-corrected chi connectivity index (χ2v) is 4.35. The first-order valence-corrected chi connectivity index (χ1v) is 6.26. The Kier molecular flexibility index (Phi) is 9.63. The van der Waals surface area contributed by atoms with Crippen LogP contribution in [0, 0.1) is 10.1 Å². The van der Waals surface area contributed by atoms with E-state index in [-0.39, 0.29) is 35.7 Å². The van der Waals surface area contributed by atoms with Crippen molar-refractivity contribution in [3.8, 4) is 0 Å². The first-order chi connectivity index (χ1) is 9.56. The first-order valence-electron chi connectivity index (χ1n) is 6.26. The van der Waals surface area contributed by atoms with Gasteiger partial charge < -0.3 is 15.4 Å². The fourth-order valence-electron chi connectivity index (χ4n) is 1.69. The Hall–Kier alpha value is -1.42. The molecule has 1 atom stereocenters. The van der Waals surface area contributed by atoms with E-state index in [4.69, 9.17) is 4.74 Å². The Balaban J connectivity index is 0.00000400. The minimum atomic E-state index is -0.406. The second kappa shape index (κ2) is 10.3. The predicted octanol–water partition coefficient (Wildman–Crippen LogP) is 1.91. The zero-order chi connectivity index (χ0) is 15.0. The van der Waals surface area contributed by atoms with Crippen LogP contribution in [0.15, 0.2) is 29.3 Å². The van der Waals surface area contributed by atoms with E-state index in [1.807, 2.05) is 13.0 Å². The Morgan fingerprint density at radius 3 is 2.81 bits per heavy atom. The molecule has 0 amide bonds. The summed E-state index contributed by atoms with van der Waals surface area (Å²) in [5.41, 5.74) is 0.904. The van der Waals surface area contributed by atoms with Crippen LogP contribution in [0.1, 0.15) is 12.5 Å². The van der Waals surface area contributed by atoms with E-state index in [9.17, 15) is 10.1 Å². The molecule has 0 spiro atoms. The van der Waals surface area contributed by atoms with Crippen LogP contribution in [-0.4, -0.2) is 37.7 Å². The van der Waals surface area contributed by atoms with E-state index in [2.05, 4.69) is 15.6 Å². The lowest BCUT2D eigenvalue weighted by Crippen LogP contribution is -2.43. The molecule has 0 fully saturated rings. The van der Waals surface area contributed by atoms with Crippen LogP contribution in [-0.2, 0) is 11.3 Å². The first kappa shape index (κ1) is 19.6. The summed E-state index contributed by atoms with van der Waals surface area (Å²) < 4.78 is 5.03. The van der Waals surface area contributed by atoms with Crippen LogP contribution in [0.3, 0.4) is 0 Å². The van der Waals surface area contributed by atoms with Crippen molar-refractivity contribution in [3.63, 3.8) is 0 Å². The molecule has 0 aliphatic carbocycles. The maximum absolute atomic E-state index is 10.7. The standard InChI is InChI=1S/C13H20N4O3.HI/c1-10(9-20-3)16-13(14-2)15-8-11-5-4-6-12(7-11)17(18)19;/h4-7,10H,8-9H2,1-3H3,(H2,14,15,16);1H. The zero-order valence-electron chi connectivity index (χ0n) is 12.3. The van der Waals surface area contributed by atoms with Gasteiger partial charge in [0.1, 0.15) is 0 Å². The summed E-state index contributed by atoms with van der Waals surface area (Å²) in [6.07, 6.45) is 0. The third-order valence-electron chi connectivity index (χ3n) is 2.60. The minimum absolute atomic E-state index is 0. The maximum Gasteiger partial charge on any atom is 0.269 e. The molecule has 0 saturated carbocycles. The lowest BCUT2D eigenvalue weighted by Gasteiger charge is -2.17. The van der Waals surface area contributed by atoms with Gasteiger partial charge in [0.25, 0.3) is 5.69 Å². The summed E-state index contributed by atoms with van der Waals surface area (Å²) in [6, 6.07) is 6.62. The molecule has 2 N–H and O–H groups in total. The van der Waals surface area contributed by atoms with Gasteiger partial charge in [-0.3, -0.25) is 15.1 Å². The van der Waals surface area contributed by atoms with Crippen LogP contribution < -0.4 is 10.6 Å². The van der Waals surface area contributed by atoms with E-state index in [1.165, 1.54) is 6.07 Å². The van der Waals surface area contributed by atoms with Crippen molar-refractivity contribution >= 4 is 35.6 Å². The highest BCUT2D eigenvalue weighted by molar-refractivity contribution is 14.0. The fourth-order valence-corrected chi connectivity index (χ4v) is 1.69. The molecule has 0 aliphatic heterocycles. The number of halogens is 1. The van der Waals surface area contributed by atoms with Crippen LogP contribution in [0.2, 0.25) is 0 Å². The van der Waals surface area contributed by atoms with E-state index < -0.39 is 4.92 Å². The van der Waals surface area contributed by atoms with Crippen molar-refractivity contribution in [3.05, 3.63) is 39.9 Å². The summed E-state index contributed by atoms with van der Waals surface area (Å²) in [7, 11) is 3.31. The lowest BCUT2D eigenvalue weighted by molar-refractivity contribution is -0.384. The summed E-state index contributed by atoms with van der Waals surface area (Å²) in [5, 5.41) is 17.0. The molecule has 21 heavy (non-hydrogen) atoms. The molecule has 0 radical (unpaired) electrons. The lowest BCUT2D eigenvalue weighted by atomic mass is 10.2. The number of nitrogens with one attached hydrogen (secondary N) is 2. The number of ether oxygens (including phenoxy) is 1. The van der Waals surface area contributed by atoms with Gasteiger partial charge in [0, 0.05) is 38.9 Å². The van der Waals surface area contributed by atoms with Crippen LogP contribution in [0.5, 0.6) is 0 Å². The van der Waals surface area contributed by atoms with E-state index in [0.717, 1.165) is 5.56 Å². The third-order valence-corrected chi connectivity index (χ3v) is 2.60. The molecule has 0 saturated heterocycles. The van der Waals surface area contributed by atoms with E-state index in [0.29, 0.717) is 19.1 Å².